The van der Waals surface area contributed by atoms with E-state index in [9.17, 15) is 9.59 Å². The number of nitrogens with zero attached hydrogens (tertiary/aromatic N) is 2. The maximum Gasteiger partial charge on any atom is 0.343 e. The van der Waals surface area contributed by atoms with Gasteiger partial charge in [0.25, 0.3) is 5.56 Å². The van der Waals surface area contributed by atoms with Crippen LogP contribution in [0.1, 0.15) is 32.7 Å². The quantitative estimate of drug-likeness (QED) is 0.512. The monoisotopic (exact) mass is 452 g/mol. The van der Waals surface area contributed by atoms with Gasteiger partial charge in [0.15, 0.2) is 0 Å². The predicted molar refractivity (Wildman–Crippen MR) is 126 cm³/mol. The van der Waals surface area contributed by atoms with E-state index in [4.69, 9.17) is 9.47 Å². The van der Waals surface area contributed by atoms with E-state index in [1.54, 1.807) is 15.9 Å². The first kappa shape index (κ1) is 22.3. The highest BCUT2D eigenvalue weighted by Crippen LogP contribution is 2.25. The lowest BCUT2D eigenvalue weighted by molar-refractivity contribution is 0.0593. The summed E-state index contributed by atoms with van der Waals surface area (Å²) in [6.45, 7) is 5.33. The van der Waals surface area contributed by atoms with E-state index in [2.05, 4.69) is 35.4 Å². The lowest BCUT2D eigenvalue weighted by Crippen LogP contribution is -2.29. The molecule has 0 N–H and O–H groups in total. The number of thiophene rings is 1. The van der Waals surface area contributed by atoms with E-state index in [1.807, 2.05) is 17.5 Å². The molecule has 3 aromatic rings. The fourth-order valence-corrected chi connectivity index (χ4v) is 4.83. The first-order valence-corrected chi connectivity index (χ1v) is 11.8. The summed E-state index contributed by atoms with van der Waals surface area (Å²) in [5, 5.41) is 4.09. The van der Waals surface area contributed by atoms with Crippen LogP contribution in [0.3, 0.4) is 0 Å². The molecule has 0 radical (unpaired) electrons. The third-order valence-electron chi connectivity index (χ3n) is 5.96. The summed E-state index contributed by atoms with van der Waals surface area (Å²) >= 11 is 1.63. The molecule has 32 heavy (non-hydrogen) atoms. The second-order valence-electron chi connectivity index (χ2n) is 7.99. The van der Waals surface area contributed by atoms with Crippen LogP contribution in [0, 0.1) is 6.92 Å². The molecule has 0 unspecified atom stereocenters. The summed E-state index contributed by atoms with van der Waals surface area (Å²) in [4.78, 5) is 28.0. The topological polar surface area (TPSA) is 60.8 Å². The van der Waals surface area contributed by atoms with Gasteiger partial charge in [-0.15, -0.1) is 0 Å². The van der Waals surface area contributed by atoms with Gasteiger partial charge in [0.2, 0.25) is 0 Å². The first-order valence-electron chi connectivity index (χ1n) is 10.8. The van der Waals surface area contributed by atoms with Crippen molar-refractivity contribution in [1.29, 1.82) is 0 Å². The number of benzene rings is 1. The van der Waals surface area contributed by atoms with Crippen LogP contribution in [0.2, 0.25) is 0 Å². The second kappa shape index (κ2) is 10.1. The molecule has 0 fully saturated rings. The number of ether oxygens (including phenoxy) is 2. The highest BCUT2D eigenvalue weighted by molar-refractivity contribution is 7.07. The molecule has 0 bridgehead atoms. The number of hydrogen-bond acceptors (Lipinski definition) is 6. The largest absolute Gasteiger partial charge is 0.492 e. The van der Waals surface area contributed by atoms with Crippen LogP contribution in [0.25, 0.3) is 0 Å². The molecule has 6 nitrogen and oxygen atoms in total. The maximum atomic E-state index is 12.9. The Hall–Kier alpha value is -2.90. The van der Waals surface area contributed by atoms with Crippen molar-refractivity contribution >= 4 is 17.3 Å². The Balaban J connectivity index is 1.57. The Labute approximate surface area is 192 Å². The molecule has 3 heterocycles. The first-order chi connectivity index (χ1) is 15.6. The molecule has 0 amide bonds. The standard InChI is InChI=1S/C25H28N2O4S/c1-18-5-3-4-6-20(18)16-26-10-7-21-24(25(29)30-2)22(15-23(28)27(21)12-11-26)31-13-8-19-9-14-32-17-19/h3-6,9,14-15,17H,7-8,10-13,16H2,1-2H3. The lowest BCUT2D eigenvalue weighted by Gasteiger charge is -2.20. The Morgan fingerprint density at radius 2 is 2.00 bits per heavy atom. The molecule has 0 atom stereocenters. The summed E-state index contributed by atoms with van der Waals surface area (Å²) < 4.78 is 12.7. The zero-order valence-electron chi connectivity index (χ0n) is 18.5. The molecule has 168 valence electrons. The van der Waals surface area contributed by atoms with Crippen molar-refractivity contribution in [1.82, 2.24) is 9.47 Å². The normalized spacial score (nSPS) is 13.9. The van der Waals surface area contributed by atoms with E-state index in [0.717, 1.165) is 19.6 Å². The number of esters is 1. The zero-order chi connectivity index (χ0) is 22.5. The minimum atomic E-state index is -0.466. The van der Waals surface area contributed by atoms with Gasteiger partial charge < -0.3 is 14.0 Å². The molecule has 2 aromatic heterocycles. The zero-order valence-corrected chi connectivity index (χ0v) is 19.3. The van der Waals surface area contributed by atoms with Crippen molar-refractivity contribution in [2.24, 2.45) is 0 Å². The van der Waals surface area contributed by atoms with Gasteiger partial charge in [-0.3, -0.25) is 9.69 Å². The summed E-state index contributed by atoms with van der Waals surface area (Å²) in [6, 6.07) is 11.8. The molecular formula is C25H28N2O4S. The van der Waals surface area contributed by atoms with Gasteiger partial charge in [-0.1, -0.05) is 24.3 Å². The van der Waals surface area contributed by atoms with Crippen molar-refractivity contribution in [3.63, 3.8) is 0 Å². The summed E-state index contributed by atoms with van der Waals surface area (Å²) in [7, 11) is 1.36. The van der Waals surface area contributed by atoms with E-state index >= 15 is 0 Å². The molecule has 0 aliphatic carbocycles. The number of rotatable bonds is 7. The number of hydrogen-bond donors (Lipinski definition) is 0. The van der Waals surface area contributed by atoms with Gasteiger partial charge in [-0.2, -0.15) is 11.3 Å². The molecule has 1 aliphatic heterocycles. The molecule has 1 aliphatic rings. The van der Waals surface area contributed by atoms with E-state index in [1.165, 1.54) is 29.9 Å². The lowest BCUT2D eigenvalue weighted by atomic mass is 10.1. The molecule has 0 saturated carbocycles. The molecular weight excluding hydrogens is 424 g/mol. The van der Waals surface area contributed by atoms with Crippen LogP contribution < -0.4 is 10.3 Å². The van der Waals surface area contributed by atoms with Gasteiger partial charge in [-0.05, 0) is 40.4 Å². The average Bonchev–Trinajstić information content (AvgIpc) is 3.22. The van der Waals surface area contributed by atoms with Crippen molar-refractivity contribution in [3.8, 4) is 5.75 Å². The maximum absolute atomic E-state index is 12.9. The van der Waals surface area contributed by atoms with Gasteiger partial charge >= 0.3 is 5.97 Å². The van der Waals surface area contributed by atoms with E-state index in [0.29, 0.717) is 43.0 Å². The van der Waals surface area contributed by atoms with Gasteiger partial charge in [0.05, 0.1) is 13.7 Å². The fourth-order valence-electron chi connectivity index (χ4n) is 4.13. The van der Waals surface area contributed by atoms with Crippen LogP contribution in [-0.4, -0.2) is 42.2 Å². The van der Waals surface area contributed by atoms with Crippen LogP contribution in [0.15, 0.2) is 52.0 Å². The van der Waals surface area contributed by atoms with Crippen LogP contribution >= 0.6 is 11.3 Å². The Kier molecular flexibility index (Phi) is 7.07. The molecule has 1 aromatic carbocycles. The second-order valence-corrected chi connectivity index (χ2v) is 8.77. The van der Waals surface area contributed by atoms with Crippen LogP contribution in [0.5, 0.6) is 5.75 Å². The number of fused-ring (bicyclic) bond motifs is 1. The van der Waals surface area contributed by atoms with Gasteiger partial charge in [0.1, 0.15) is 11.3 Å². The van der Waals surface area contributed by atoms with Gasteiger partial charge in [-0.25, -0.2) is 4.79 Å². The highest BCUT2D eigenvalue weighted by atomic mass is 32.1. The third-order valence-corrected chi connectivity index (χ3v) is 6.69. The molecule has 0 saturated heterocycles. The van der Waals surface area contributed by atoms with Crippen molar-refractivity contribution in [2.75, 3.05) is 26.8 Å². The Morgan fingerprint density at radius 3 is 2.75 bits per heavy atom. The van der Waals surface area contributed by atoms with Crippen molar-refractivity contribution < 1.29 is 14.3 Å². The van der Waals surface area contributed by atoms with Crippen LogP contribution in [0.4, 0.5) is 0 Å². The average molecular weight is 453 g/mol. The van der Waals surface area contributed by atoms with Gasteiger partial charge in [0, 0.05) is 50.8 Å². The number of aromatic nitrogens is 1. The Bertz CT molecular complexity index is 1140. The molecule has 0 spiro atoms. The minimum Gasteiger partial charge on any atom is -0.492 e. The number of carbonyl (C=O) groups is 1. The minimum absolute atomic E-state index is 0.143. The molecule has 7 heteroatoms. The van der Waals surface area contributed by atoms with Crippen molar-refractivity contribution in [3.05, 3.63) is 85.5 Å². The highest BCUT2D eigenvalue weighted by Gasteiger charge is 2.26. The predicted octanol–water partition coefficient (Wildman–Crippen LogP) is 3.68. The molecule has 4 rings (SSSR count). The summed E-state index contributed by atoms with van der Waals surface area (Å²) in [5.74, 6) is -0.151. The SMILES string of the molecule is COC(=O)c1c(OCCc2ccsc2)cc(=O)n2c1CCN(Cc1ccccc1C)CC2. The fraction of sp³-hybridized carbons (Fsp3) is 0.360. The number of pyridine rings is 1. The third kappa shape index (κ3) is 4.95. The number of aryl methyl sites for hydroxylation is 1. The van der Waals surface area contributed by atoms with Crippen LogP contribution in [-0.2, 0) is 30.7 Å². The van der Waals surface area contributed by atoms with E-state index < -0.39 is 5.97 Å². The van der Waals surface area contributed by atoms with Crippen molar-refractivity contribution in [2.45, 2.75) is 32.9 Å². The summed E-state index contributed by atoms with van der Waals surface area (Å²) in [5.41, 5.74) is 4.63. The number of methoxy groups -OCH3 is 1. The summed E-state index contributed by atoms with van der Waals surface area (Å²) in [6.07, 6.45) is 1.29. The smallest absolute Gasteiger partial charge is 0.343 e. The number of carbonyl (C=O) groups excluding carboxylic acids is 1. The van der Waals surface area contributed by atoms with E-state index in [-0.39, 0.29) is 5.56 Å². The Morgan fingerprint density at radius 1 is 1.16 bits per heavy atom.